The van der Waals surface area contributed by atoms with Gasteiger partial charge in [0.25, 0.3) is 0 Å². The van der Waals surface area contributed by atoms with E-state index in [1.54, 1.807) is 37.8 Å². The van der Waals surface area contributed by atoms with Crippen molar-refractivity contribution >= 4 is 5.69 Å². The highest BCUT2D eigenvalue weighted by molar-refractivity contribution is 5.50. The molecule has 2 rings (SSSR count). The van der Waals surface area contributed by atoms with Gasteiger partial charge in [-0.3, -0.25) is 0 Å². The molecule has 1 aromatic carbocycles. The second kappa shape index (κ2) is 4.61. The lowest BCUT2D eigenvalue weighted by atomic mass is 10.3. The summed E-state index contributed by atoms with van der Waals surface area (Å²) in [5, 5.41) is 0. The van der Waals surface area contributed by atoms with E-state index in [1.165, 1.54) is 0 Å². The van der Waals surface area contributed by atoms with E-state index in [2.05, 4.69) is 0 Å². The molecule has 0 atom stereocenters. The van der Waals surface area contributed by atoms with E-state index in [0.717, 1.165) is 5.56 Å². The molecule has 0 saturated heterocycles. The summed E-state index contributed by atoms with van der Waals surface area (Å²) in [5.74, 6) is 1.36. The minimum absolute atomic E-state index is 0.448. The third kappa shape index (κ3) is 2.48. The highest BCUT2D eigenvalue weighted by Crippen LogP contribution is 2.24. The number of hydrogen-bond donors (Lipinski definition) is 1. The summed E-state index contributed by atoms with van der Waals surface area (Å²) < 4.78 is 15.6. The van der Waals surface area contributed by atoms with Crippen LogP contribution in [0, 0.1) is 0 Å². The smallest absolute Gasteiger partial charge is 0.125 e. The van der Waals surface area contributed by atoms with E-state index < -0.39 is 0 Å². The molecule has 84 valence electrons. The molecular weight excluding hydrogens is 206 g/mol. The van der Waals surface area contributed by atoms with E-state index in [1.807, 2.05) is 6.07 Å². The van der Waals surface area contributed by atoms with Crippen molar-refractivity contribution in [1.29, 1.82) is 0 Å². The molecule has 0 amide bonds. The summed E-state index contributed by atoms with van der Waals surface area (Å²) in [5.41, 5.74) is 7.29. The fraction of sp³-hybridized carbons (Fsp3) is 0.167. The third-order valence-corrected chi connectivity index (χ3v) is 2.12. The van der Waals surface area contributed by atoms with E-state index in [-0.39, 0.29) is 0 Å². The number of nitrogen functional groups attached to an aromatic ring is 1. The van der Waals surface area contributed by atoms with Crippen molar-refractivity contribution in [2.24, 2.45) is 0 Å². The monoisotopic (exact) mass is 219 g/mol. The minimum Gasteiger partial charge on any atom is -0.497 e. The van der Waals surface area contributed by atoms with Gasteiger partial charge in [-0.25, -0.2) is 0 Å². The van der Waals surface area contributed by atoms with E-state index >= 15 is 0 Å². The normalized spacial score (nSPS) is 10.1. The maximum Gasteiger partial charge on any atom is 0.125 e. The summed E-state index contributed by atoms with van der Waals surface area (Å²) >= 11 is 0. The molecule has 0 unspecified atom stereocenters. The van der Waals surface area contributed by atoms with Gasteiger partial charge >= 0.3 is 0 Å². The quantitative estimate of drug-likeness (QED) is 0.802. The number of anilines is 1. The Kier molecular flexibility index (Phi) is 3.00. The van der Waals surface area contributed by atoms with Gasteiger partial charge in [0.2, 0.25) is 0 Å². The number of ether oxygens (including phenoxy) is 2. The van der Waals surface area contributed by atoms with Crippen LogP contribution >= 0.6 is 0 Å². The van der Waals surface area contributed by atoms with Crippen LogP contribution < -0.4 is 15.2 Å². The molecular formula is C12H13NO3. The molecule has 0 aliphatic heterocycles. The molecule has 0 fully saturated rings. The zero-order valence-corrected chi connectivity index (χ0v) is 8.97. The summed E-state index contributed by atoms with van der Waals surface area (Å²) in [6.45, 7) is 0.448. The molecule has 2 aromatic rings. The zero-order chi connectivity index (χ0) is 11.4. The standard InChI is InChI=1S/C12H13NO3/c1-14-11-4-10(13)5-12(6-11)16-8-9-2-3-15-7-9/h2-7H,8,13H2,1H3. The zero-order valence-electron chi connectivity index (χ0n) is 8.97. The predicted molar refractivity (Wildman–Crippen MR) is 60.4 cm³/mol. The van der Waals surface area contributed by atoms with Crippen LogP contribution in [-0.2, 0) is 6.61 Å². The van der Waals surface area contributed by atoms with Crippen LogP contribution in [0.3, 0.4) is 0 Å². The maximum absolute atomic E-state index is 5.71. The van der Waals surface area contributed by atoms with Crippen molar-refractivity contribution in [3.05, 3.63) is 42.4 Å². The van der Waals surface area contributed by atoms with Gasteiger partial charge in [-0.1, -0.05) is 0 Å². The largest absolute Gasteiger partial charge is 0.497 e. The Balaban J connectivity index is 2.06. The number of rotatable bonds is 4. The lowest BCUT2D eigenvalue weighted by Crippen LogP contribution is -1.96. The van der Waals surface area contributed by atoms with Crippen LogP contribution in [0.15, 0.2) is 41.2 Å². The molecule has 1 aromatic heterocycles. The molecule has 0 bridgehead atoms. The molecule has 0 saturated carbocycles. The van der Waals surface area contributed by atoms with E-state index in [9.17, 15) is 0 Å². The SMILES string of the molecule is COc1cc(N)cc(OCc2ccoc2)c1. The van der Waals surface area contributed by atoms with Gasteiger partial charge in [0, 0.05) is 29.4 Å². The molecule has 1 heterocycles. The second-order valence-corrected chi connectivity index (χ2v) is 3.36. The number of furan rings is 1. The van der Waals surface area contributed by atoms with Gasteiger partial charge in [0.05, 0.1) is 19.6 Å². The van der Waals surface area contributed by atoms with Gasteiger partial charge in [0.1, 0.15) is 18.1 Å². The van der Waals surface area contributed by atoms with Crippen molar-refractivity contribution in [1.82, 2.24) is 0 Å². The van der Waals surface area contributed by atoms with Crippen molar-refractivity contribution in [2.75, 3.05) is 12.8 Å². The topological polar surface area (TPSA) is 57.6 Å². The number of methoxy groups -OCH3 is 1. The third-order valence-electron chi connectivity index (χ3n) is 2.12. The fourth-order valence-corrected chi connectivity index (χ4v) is 1.34. The Morgan fingerprint density at radius 2 is 2.06 bits per heavy atom. The average molecular weight is 219 g/mol. The van der Waals surface area contributed by atoms with E-state index in [0.29, 0.717) is 23.8 Å². The first-order valence-electron chi connectivity index (χ1n) is 4.86. The van der Waals surface area contributed by atoms with Crippen LogP contribution in [0.4, 0.5) is 5.69 Å². The molecule has 0 aliphatic carbocycles. The lowest BCUT2D eigenvalue weighted by Gasteiger charge is -2.07. The highest BCUT2D eigenvalue weighted by atomic mass is 16.5. The first-order chi connectivity index (χ1) is 7.78. The molecule has 4 nitrogen and oxygen atoms in total. The van der Waals surface area contributed by atoms with Crippen molar-refractivity contribution < 1.29 is 13.9 Å². The van der Waals surface area contributed by atoms with Gasteiger partial charge in [-0.15, -0.1) is 0 Å². The Morgan fingerprint density at radius 3 is 2.75 bits per heavy atom. The Labute approximate surface area is 93.6 Å². The van der Waals surface area contributed by atoms with Gasteiger partial charge in [-0.2, -0.15) is 0 Å². The van der Waals surface area contributed by atoms with Crippen molar-refractivity contribution in [3.8, 4) is 11.5 Å². The Bertz CT molecular complexity index is 451. The highest BCUT2D eigenvalue weighted by Gasteiger charge is 2.01. The van der Waals surface area contributed by atoms with Gasteiger partial charge in [-0.05, 0) is 6.07 Å². The minimum atomic E-state index is 0.448. The number of nitrogens with two attached hydrogens (primary N) is 1. The van der Waals surface area contributed by atoms with E-state index in [4.69, 9.17) is 19.6 Å². The maximum atomic E-state index is 5.71. The van der Waals surface area contributed by atoms with Crippen LogP contribution in [0.25, 0.3) is 0 Å². The van der Waals surface area contributed by atoms with Crippen molar-refractivity contribution in [3.63, 3.8) is 0 Å². The van der Waals surface area contributed by atoms with Gasteiger partial charge in [0.15, 0.2) is 0 Å². The summed E-state index contributed by atoms with van der Waals surface area (Å²) in [7, 11) is 1.59. The Hall–Kier alpha value is -2.10. The molecule has 2 N–H and O–H groups in total. The average Bonchev–Trinajstić information content (AvgIpc) is 2.78. The summed E-state index contributed by atoms with van der Waals surface area (Å²) in [4.78, 5) is 0. The van der Waals surface area contributed by atoms with Crippen molar-refractivity contribution in [2.45, 2.75) is 6.61 Å². The first kappa shape index (κ1) is 10.4. The fourth-order valence-electron chi connectivity index (χ4n) is 1.34. The van der Waals surface area contributed by atoms with Crippen LogP contribution in [0.5, 0.6) is 11.5 Å². The number of hydrogen-bond acceptors (Lipinski definition) is 4. The predicted octanol–water partition coefficient (Wildman–Crippen LogP) is 2.45. The summed E-state index contributed by atoms with van der Waals surface area (Å²) in [6.07, 6.45) is 3.25. The first-order valence-corrected chi connectivity index (χ1v) is 4.86. The lowest BCUT2D eigenvalue weighted by molar-refractivity contribution is 0.302. The second-order valence-electron chi connectivity index (χ2n) is 3.36. The molecule has 16 heavy (non-hydrogen) atoms. The molecule has 0 radical (unpaired) electrons. The molecule has 0 spiro atoms. The molecule has 4 heteroatoms. The Morgan fingerprint density at radius 1 is 1.25 bits per heavy atom. The van der Waals surface area contributed by atoms with Crippen LogP contribution in [0.2, 0.25) is 0 Å². The van der Waals surface area contributed by atoms with Gasteiger partial charge < -0.3 is 19.6 Å². The van der Waals surface area contributed by atoms with Crippen LogP contribution in [0.1, 0.15) is 5.56 Å². The molecule has 0 aliphatic rings. The number of benzene rings is 1. The van der Waals surface area contributed by atoms with Crippen LogP contribution in [-0.4, -0.2) is 7.11 Å². The summed E-state index contributed by atoms with van der Waals surface area (Å²) in [6, 6.07) is 7.13.